The molecule has 1 unspecified atom stereocenters. The highest BCUT2D eigenvalue weighted by Gasteiger charge is 2.35. The van der Waals surface area contributed by atoms with Gasteiger partial charge in [-0.3, -0.25) is 0 Å². The number of anilines is 2. The van der Waals surface area contributed by atoms with Crippen molar-refractivity contribution in [2.75, 3.05) is 31.1 Å². The summed E-state index contributed by atoms with van der Waals surface area (Å²) in [5.41, 5.74) is 1.87. The van der Waals surface area contributed by atoms with E-state index >= 15 is 0 Å². The molecule has 0 bridgehead atoms. The molecule has 6 nitrogen and oxygen atoms in total. The number of benzene rings is 1. The van der Waals surface area contributed by atoms with E-state index in [9.17, 15) is 5.11 Å². The molecule has 0 fully saturated rings. The highest BCUT2D eigenvalue weighted by molar-refractivity contribution is 6.41. The van der Waals surface area contributed by atoms with Crippen molar-refractivity contribution in [1.29, 1.82) is 0 Å². The van der Waals surface area contributed by atoms with E-state index in [-0.39, 0.29) is 16.6 Å². The third kappa shape index (κ3) is 2.98. The molecule has 0 amide bonds. The molecular weight excluding hydrogens is 389 g/mol. The van der Waals surface area contributed by atoms with Crippen LogP contribution < -0.4 is 24.3 Å². The first kappa shape index (κ1) is 18.0. The summed E-state index contributed by atoms with van der Waals surface area (Å²) in [4.78, 5) is 7.22. The molecule has 2 heterocycles. The van der Waals surface area contributed by atoms with Crippen LogP contribution in [0.15, 0.2) is 12.1 Å². The first-order valence-corrected chi connectivity index (χ1v) is 8.37. The number of methoxy groups -OCH3 is 2. The fourth-order valence-corrected chi connectivity index (χ4v) is 3.61. The van der Waals surface area contributed by atoms with Crippen molar-refractivity contribution in [2.24, 2.45) is 0 Å². The van der Waals surface area contributed by atoms with E-state index in [0.29, 0.717) is 22.3 Å². The van der Waals surface area contributed by atoms with Crippen LogP contribution in [0.4, 0.5) is 11.4 Å². The van der Waals surface area contributed by atoms with Gasteiger partial charge in [-0.1, -0.05) is 23.2 Å². The molecule has 0 saturated heterocycles. The number of aromatic nitrogens is 1. The largest absolute Gasteiger partial charge is 0.495 e. The predicted molar refractivity (Wildman–Crippen MR) is 96.0 cm³/mol. The second-order valence-corrected chi connectivity index (χ2v) is 6.54. The van der Waals surface area contributed by atoms with E-state index in [0.717, 1.165) is 11.3 Å². The maximum atomic E-state index is 10.8. The van der Waals surface area contributed by atoms with E-state index in [1.807, 2.05) is 0 Å². The summed E-state index contributed by atoms with van der Waals surface area (Å²) in [7, 11) is 4.71. The third-order valence-corrected chi connectivity index (χ3v) is 4.96. The number of hydrogen-bond donors (Lipinski definition) is 1. The highest BCUT2D eigenvalue weighted by atomic mass is 35.5. The van der Waals surface area contributed by atoms with Gasteiger partial charge in [0.2, 0.25) is 6.35 Å². The normalized spacial score (nSPS) is 16.4. The van der Waals surface area contributed by atoms with Gasteiger partial charge >= 0.3 is 11.3 Å². The smallest absolute Gasteiger partial charge is 0.411 e. The zero-order valence-corrected chi connectivity index (χ0v) is 15.9. The molecule has 3 rings (SSSR count). The highest BCUT2D eigenvalue weighted by Crippen LogP contribution is 2.48. The van der Waals surface area contributed by atoms with E-state index in [2.05, 4.69) is 11.2 Å². The number of halogens is 3. The summed E-state index contributed by atoms with van der Waals surface area (Å²) in [5.74, 6) is 0.772. The fraction of sp³-hybridized carbons (Fsp3) is 0.312. The van der Waals surface area contributed by atoms with Crippen LogP contribution in [0.2, 0.25) is 15.2 Å². The van der Waals surface area contributed by atoms with Crippen molar-refractivity contribution in [3.63, 3.8) is 0 Å². The third-order valence-electron chi connectivity index (χ3n) is 4.03. The number of aliphatic hydroxyl groups excluding tert-OH is 1. The lowest BCUT2D eigenvalue weighted by Crippen LogP contribution is -2.50. The number of ether oxygens (including phenoxy) is 2. The van der Waals surface area contributed by atoms with Gasteiger partial charge < -0.3 is 24.4 Å². The molecule has 2 aromatic rings. The molecule has 1 aliphatic heterocycles. The number of hydrogen-bond acceptors (Lipinski definition) is 5. The quantitative estimate of drug-likeness (QED) is 0.850. The number of nitrogens with zero attached hydrogens (tertiary/aromatic N) is 3. The molecule has 0 radical (unpaired) electrons. The molecule has 9 heteroatoms. The molecule has 0 aliphatic carbocycles. The van der Waals surface area contributed by atoms with E-state index in [4.69, 9.17) is 44.3 Å². The Morgan fingerprint density at radius 1 is 1.16 bits per heavy atom. The molecule has 1 N–H and O–H groups in total. The average Bonchev–Trinajstić information content (AvgIpc) is 2.60. The lowest BCUT2D eigenvalue weighted by Gasteiger charge is -2.41. The van der Waals surface area contributed by atoms with Gasteiger partial charge in [-0.15, -0.1) is 0 Å². The predicted octanol–water partition coefficient (Wildman–Crippen LogP) is 2.80. The minimum absolute atomic E-state index is 0.270. The minimum Gasteiger partial charge on any atom is -0.495 e. The van der Waals surface area contributed by atoms with Crippen molar-refractivity contribution in [1.82, 2.24) is 0 Å². The first-order valence-electron chi connectivity index (χ1n) is 7.23. The number of fused-ring (bicyclic) bond motifs is 1. The van der Waals surface area contributed by atoms with Crippen LogP contribution in [0.1, 0.15) is 5.56 Å². The monoisotopic (exact) mass is 402 g/mol. The van der Waals surface area contributed by atoms with Crippen LogP contribution in [-0.2, 0) is 6.54 Å². The zero-order chi connectivity index (χ0) is 18.3. The Morgan fingerprint density at radius 3 is 2.32 bits per heavy atom. The Labute approximate surface area is 160 Å². The summed E-state index contributed by atoms with van der Waals surface area (Å²) >= 11 is 18.9. The van der Waals surface area contributed by atoms with Crippen LogP contribution in [0.5, 0.6) is 11.5 Å². The van der Waals surface area contributed by atoms with Crippen molar-refractivity contribution >= 4 is 46.2 Å². The Hall–Kier alpha value is -1.78. The Morgan fingerprint density at radius 2 is 1.76 bits per heavy atom. The lowest BCUT2D eigenvalue weighted by molar-refractivity contribution is -0.291. The zero-order valence-electron chi connectivity index (χ0n) is 13.7. The van der Waals surface area contributed by atoms with Crippen LogP contribution in [0, 0.1) is 6.20 Å². The van der Waals surface area contributed by atoms with Gasteiger partial charge in [-0.25, -0.2) is 0 Å². The minimum atomic E-state index is -1.04. The molecule has 1 atom stereocenters. The summed E-state index contributed by atoms with van der Waals surface area (Å²) in [5, 5.41) is 11.6. The van der Waals surface area contributed by atoms with Crippen molar-refractivity contribution < 1.29 is 19.6 Å². The van der Waals surface area contributed by atoms with Gasteiger partial charge in [-0.2, -0.15) is 0 Å². The topological polar surface area (TPSA) is 59.3 Å². The van der Waals surface area contributed by atoms with Gasteiger partial charge in [0.15, 0.2) is 0 Å². The lowest BCUT2D eigenvalue weighted by atomic mass is 10.1. The molecule has 25 heavy (non-hydrogen) atoms. The second kappa shape index (κ2) is 6.85. The van der Waals surface area contributed by atoms with Gasteiger partial charge in [-0.05, 0) is 4.98 Å². The van der Waals surface area contributed by atoms with Crippen LogP contribution >= 0.6 is 34.8 Å². The van der Waals surface area contributed by atoms with E-state index in [1.165, 1.54) is 14.2 Å². The van der Waals surface area contributed by atoms with Crippen LogP contribution in [0.25, 0.3) is 0 Å². The van der Waals surface area contributed by atoms with E-state index in [1.54, 1.807) is 29.0 Å². The molecule has 0 spiro atoms. The van der Waals surface area contributed by atoms with Crippen molar-refractivity contribution in [3.05, 3.63) is 39.1 Å². The molecule has 1 aromatic carbocycles. The van der Waals surface area contributed by atoms with Gasteiger partial charge in [0.1, 0.15) is 27.1 Å². The fourth-order valence-electron chi connectivity index (χ4n) is 2.75. The summed E-state index contributed by atoms with van der Waals surface area (Å²) < 4.78 is 10.6. The maximum Gasteiger partial charge on any atom is 0.411 e. The Balaban J connectivity index is 2.15. The molecule has 132 valence electrons. The Bertz CT molecular complexity index is 791. The number of aliphatic hydroxyl groups is 1. The second-order valence-electron chi connectivity index (χ2n) is 5.40. The molecule has 0 saturated carbocycles. The Kier molecular flexibility index (Phi) is 4.94. The first-order chi connectivity index (χ1) is 11.9. The van der Waals surface area contributed by atoms with Crippen molar-refractivity contribution in [3.8, 4) is 11.5 Å². The van der Waals surface area contributed by atoms with Gasteiger partial charge in [0.25, 0.3) is 0 Å². The van der Waals surface area contributed by atoms with Crippen LogP contribution in [-0.4, -0.2) is 32.7 Å². The summed E-state index contributed by atoms with van der Waals surface area (Å²) in [6.45, 7) is 0.279. The summed E-state index contributed by atoms with van der Waals surface area (Å²) in [6.07, 6.45) is 1.84. The maximum absolute atomic E-state index is 10.8. The molecule has 1 aromatic heterocycles. The number of rotatable bonds is 3. The molecule has 1 aliphatic rings. The van der Waals surface area contributed by atoms with E-state index < -0.39 is 6.35 Å². The average molecular weight is 404 g/mol. The van der Waals surface area contributed by atoms with Gasteiger partial charge in [0, 0.05) is 24.7 Å². The van der Waals surface area contributed by atoms with Crippen molar-refractivity contribution in [2.45, 2.75) is 12.9 Å². The standard InChI is InChI=1S/C16H15Cl3N3O3/c1-21-9-4-12(17)20-6-8(9)7-22(16(21)23)15-13(18)10(24-2)5-11(25-3)14(15)19/h4-5,16,23H,7H2,1-3H3/q+1. The SMILES string of the molecule is COc1cc(OC)c(Cl)c(N2Cc3c#[n+]c(Cl)cc3N(C)C2O)c1Cl. The summed E-state index contributed by atoms with van der Waals surface area (Å²) in [6, 6.07) is 3.26. The molecular formula is C16H15Cl3N3O3+. The van der Waals surface area contributed by atoms with Gasteiger partial charge in [0.05, 0.1) is 38.2 Å². The van der Waals surface area contributed by atoms with Crippen LogP contribution in [0.3, 0.4) is 0 Å².